The van der Waals surface area contributed by atoms with Crippen LogP contribution in [0.3, 0.4) is 0 Å². The molecule has 1 rings (SSSR count). The summed E-state index contributed by atoms with van der Waals surface area (Å²) in [6.07, 6.45) is 0. The van der Waals surface area contributed by atoms with Crippen LogP contribution in [0.1, 0.15) is 6.92 Å². The highest BCUT2D eigenvalue weighted by molar-refractivity contribution is 7.86. The highest BCUT2D eigenvalue weighted by atomic mass is 35.5. The van der Waals surface area contributed by atoms with Crippen molar-refractivity contribution in [2.75, 3.05) is 5.73 Å². The van der Waals surface area contributed by atoms with Gasteiger partial charge >= 0.3 is 0 Å². The molecule has 0 saturated carbocycles. The smallest absolute Gasteiger partial charge is 0.233 e. The van der Waals surface area contributed by atoms with Gasteiger partial charge in [-0.05, 0) is 25.1 Å². The molecule has 0 aliphatic carbocycles. The van der Waals surface area contributed by atoms with Crippen molar-refractivity contribution in [2.24, 2.45) is 5.73 Å². The summed E-state index contributed by atoms with van der Waals surface area (Å²) in [5.74, 6) is -0.624. The van der Waals surface area contributed by atoms with E-state index in [1.807, 2.05) is 0 Å². The lowest BCUT2D eigenvalue weighted by Crippen LogP contribution is -2.29. The number of amides is 1. The third kappa shape index (κ3) is 2.70. The molecule has 82 valence electrons. The summed E-state index contributed by atoms with van der Waals surface area (Å²) < 4.78 is 11.8. The molecular formula is C9H11ClN2O2S. The summed E-state index contributed by atoms with van der Waals surface area (Å²) >= 11 is 5.85. The molecule has 4 nitrogen and oxygen atoms in total. The standard InChI is InChI=1S/C9H11ClN2O2S/c1-5(9(12)13)15(14)8-3-2-6(11)4-7(8)10/h2-5H,11H2,1H3,(H2,12,13). The fourth-order valence-electron chi connectivity index (χ4n) is 0.976. The predicted molar refractivity (Wildman–Crippen MR) is 60.9 cm³/mol. The van der Waals surface area contributed by atoms with E-state index in [1.165, 1.54) is 19.1 Å². The minimum Gasteiger partial charge on any atom is -0.399 e. The summed E-state index contributed by atoms with van der Waals surface area (Å²) in [5, 5.41) is -0.493. The third-order valence-electron chi connectivity index (χ3n) is 1.89. The van der Waals surface area contributed by atoms with Crippen LogP contribution in [-0.4, -0.2) is 15.4 Å². The largest absolute Gasteiger partial charge is 0.399 e. The van der Waals surface area contributed by atoms with Crippen LogP contribution in [-0.2, 0) is 15.6 Å². The summed E-state index contributed by atoms with van der Waals surface area (Å²) in [6.45, 7) is 1.49. The van der Waals surface area contributed by atoms with Crippen molar-refractivity contribution in [2.45, 2.75) is 17.1 Å². The van der Waals surface area contributed by atoms with Crippen molar-refractivity contribution in [1.29, 1.82) is 0 Å². The van der Waals surface area contributed by atoms with Gasteiger partial charge in [-0.25, -0.2) is 0 Å². The Kier molecular flexibility index (Phi) is 3.71. The highest BCUT2D eigenvalue weighted by Crippen LogP contribution is 2.24. The lowest BCUT2D eigenvalue weighted by atomic mass is 10.3. The van der Waals surface area contributed by atoms with Gasteiger partial charge in [-0.3, -0.25) is 9.00 Å². The number of primary amides is 1. The van der Waals surface area contributed by atoms with E-state index in [9.17, 15) is 9.00 Å². The molecule has 0 spiro atoms. The Hall–Kier alpha value is -1.07. The Morgan fingerprint density at radius 2 is 2.13 bits per heavy atom. The van der Waals surface area contributed by atoms with Gasteiger partial charge in [-0.2, -0.15) is 0 Å². The van der Waals surface area contributed by atoms with Crippen LogP contribution < -0.4 is 11.5 Å². The summed E-state index contributed by atoms with van der Waals surface area (Å²) in [4.78, 5) is 11.2. The van der Waals surface area contributed by atoms with Gasteiger partial charge in [0, 0.05) is 5.69 Å². The van der Waals surface area contributed by atoms with E-state index in [0.29, 0.717) is 10.6 Å². The number of hydrogen-bond acceptors (Lipinski definition) is 3. The second-order valence-corrected chi connectivity index (χ2v) is 5.18. The van der Waals surface area contributed by atoms with E-state index in [0.717, 1.165) is 0 Å². The first-order valence-corrected chi connectivity index (χ1v) is 5.77. The molecule has 1 aromatic carbocycles. The summed E-state index contributed by atoms with van der Waals surface area (Å²) in [5.41, 5.74) is 11.0. The maximum atomic E-state index is 11.8. The predicted octanol–water partition coefficient (Wildman–Crippen LogP) is 0.904. The number of anilines is 1. The van der Waals surface area contributed by atoms with Crippen molar-refractivity contribution in [3.63, 3.8) is 0 Å². The van der Waals surface area contributed by atoms with Crippen molar-refractivity contribution in [3.8, 4) is 0 Å². The molecule has 0 heterocycles. The molecule has 0 saturated heterocycles. The maximum absolute atomic E-state index is 11.8. The molecule has 0 aromatic heterocycles. The topological polar surface area (TPSA) is 86.2 Å². The zero-order valence-electron chi connectivity index (χ0n) is 8.07. The lowest BCUT2D eigenvalue weighted by molar-refractivity contribution is -0.117. The molecule has 0 aliphatic heterocycles. The SMILES string of the molecule is CC(C(N)=O)S(=O)c1ccc(N)cc1Cl. The van der Waals surface area contributed by atoms with E-state index >= 15 is 0 Å². The van der Waals surface area contributed by atoms with Crippen molar-refractivity contribution >= 4 is 34.0 Å². The van der Waals surface area contributed by atoms with Crippen molar-refractivity contribution in [1.82, 2.24) is 0 Å². The fourth-order valence-corrected chi connectivity index (χ4v) is 2.44. The molecule has 2 atom stereocenters. The molecule has 0 radical (unpaired) electrons. The van der Waals surface area contributed by atoms with E-state index in [4.69, 9.17) is 23.1 Å². The van der Waals surface area contributed by atoms with E-state index in [1.54, 1.807) is 6.07 Å². The minimum absolute atomic E-state index is 0.279. The Morgan fingerprint density at radius 3 is 2.60 bits per heavy atom. The van der Waals surface area contributed by atoms with E-state index in [2.05, 4.69) is 0 Å². The first kappa shape index (κ1) is 12.0. The molecule has 6 heteroatoms. The number of rotatable bonds is 3. The Morgan fingerprint density at radius 1 is 1.53 bits per heavy atom. The Labute approximate surface area is 95.0 Å². The van der Waals surface area contributed by atoms with Crippen LogP contribution in [0.25, 0.3) is 0 Å². The number of hydrogen-bond donors (Lipinski definition) is 2. The van der Waals surface area contributed by atoms with E-state index in [-0.39, 0.29) is 5.02 Å². The number of nitrogen functional groups attached to an aromatic ring is 1. The monoisotopic (exact) mass is 246 g/mol. The molecule has 1 amide bonds. The van der Waals surface area contributed by atoms with Gasteiger partial charge in [0.25, 0.3) is 0 Å². The van der Waals surface area contributed by atoms with Gasteiger partial charge in [-0.1, -0.05) is 11.6 Å². The molecule has 15 heavy (non-hydrogen) atoms. The van der Waals surface area contributed by atoms with Crippen LogP contribution in [0.15, 0.2) is 23.1 Å². The molecule has 4 N–H and O–H groups in total. The molecular weight excluding hydrogens is 236 g/mol. The van der Waals surface area contributed by atoms with Gasteiger partial charge in [0.05, 0.1) is 20.7 Å². The third-order valence-corrected chi connectivity index (χ3v) is 3.98. The normalized spacial score (nSPS) is 14.5. The summed E-state index contributed by atoms with van der Waals surface area (Å²) in [7, 11) is -1.54. The molecule has 0 bridgehead atoms. The molecule has 0 fully saturated rings. The highest BCUT2D eigenvalue weighted by Gasteiger charge is 2.20. The van der Waals surface area contributed by atoms with Crippen LogP contribution in [0.4, 0.5) is 5.69 Å². The molecule has 0 aliphatic rings. The number of benzene rings is 1. The number of carbonyl (C=O) groups is 1. The van der Waals surface area contributed by atoms with Gasteiger partial charge in [0.2, 0.25) is 5.91 Å². The average Bonchev–Trinajstić information content (AvgIpc) is 2.15. The quantitative estimate of drug-likeness (QED) is 0.777. The molecule has 2 unspecified atom stereocenters. The Bertz CT molecular complexity index is 423. The first-order chi connectivity index (χ1) is 6.93. The van der Waals surface area contributed by atoms with Crippen LogP contribution in [0.5, 0.6) is 0 Å². The second kappa shape index (κ2) is 4.63. The van der Waals surface area contributed by atoms with Gasteiger partial charge in [-0.15, -0.1) is 0 Å². The van der Waals surface area contributed by atoms with Crippen LogP contribution in [0, 0.1) is 0 Å². The van der Waals surface area contributed by atoms with E-state index < -0.39 is 22.0 Å². The zero-order valence-corrected chi connectivity index (χ0v) is 9.64. The average molecular weight is 247 g/mol. The number of carbonyl (C=O) groups excluding carboxylic acids is 1. The van der Waals surface area contributed by atoms with Crippen LogP contribution >= 0.6 is 11.6 Å². The summed E-state index contributed by atoms with van der Waals surface area (Å²) in [6, 6.07) is 4.60. The maximum Gasteiger partial charge on any atom is 0.233 e. The van der Waals surface area contributed by atoms with Gasteiger partial charge < -0.3 is 11.5 Å². The second-order valence-electron chi connectivity index (χ2n) is 3.03. The lowest BCUT2D eigenvalue weighted by Gasteiger charge is -2.09. The number of halogens is 1. The van der Waals surface area contributed by atoms with Gasteiger partial charge in [0.15, 0.2) is 0 Å². The van der Waals surface area contributed by atoms with Gasteiger partial charge in [0.1, 0.15) is 5.25 Å². The minimum atomic E-state index is -1.54. The first-order valence-electron chi connectivity index (χ1n) is 4.18. The van der Waals surface area contributed by atoms with Crippen molar-refractivity contribution in [3.05, 3.63) is 23.2 Å². The molecule has 1 aromatic rings. The Balaban J connectivity index is 3.07. The van der Waals surface area contributed by atoms with Crippen molar-refractivity contribution < 1.29 is 9.00 Å². The fraction of sp³-hybridized carbons (Fsp3) is 0.222. The van der Waals surface area contributed by atoms with Crippen LogP contribution in [0.2, 0.25) is 5.02 Å². The number of nitrogens with two attached hydrogens (primary N) is 2. The zero-order chi connectivity index (χ0) is 11.6.